The second-order valence-electron chi connectivity index (χ2n) is 3.62. The van der Waals surface area contributed by atoms with Crippen molar-refractivity contribution in [3.8, 4) is 0 Å². The molecule has 0 aliphatic carbocycles. The van der Waals surface area contributed by atoms with Crippen molar-refractivity contribution in [2.24, 2.45) is 0 Å². The number of hydrogen-bond acceptors (Lipinski definition) is 2. The summed E-state index contributed by atoms with van der Waals surface area (Å²) in [7, 11) is 0. The van der Waals surface area contributed by atoms with E-state index >= 15 is 0 Å². The quantitative estimate of drug-likeness (QED) is 0.784. The van der Waals surface area contributed by atoms with Crippen molar-refractivity contribution in [3.05, 3.63) is 64.7 Å². The number of rotatable bonds is 2. The third-order valence-electron chi connectivity index (χ3n) is 2.44. The van der Waals surface area contributed by atoms with Crippen LogP contribution in [-0.2, 0) is 0 Å². The molecule has 0 saturated carbocycles. The second-order valence-corrected chi connectivity index (χ2v) is 4.06. The van der Waals surface area contributed by atoms with Gasteiger partial charge in [0.1, 0.15) is 6.10 Å². The van der Waals surface area contributed by atoms with Crippen molar-refractivity contribution in [2.45, 2.75) is 6.10 Å². The Morgan fingerprint density at radius 3 is 1.81 bits per heavy atom. The van der Waals surface area contributed by atoms with E-state index < -0.39 is 6.10 Å². The smallest absolute Gasteiger partial charge is 0.104 e. The van der Waals surface area contributed by atoms with Gasteiger partial charge in [-0.05, 0) is 35.4 Å². The van der Waals surface area contributed by atoms with Gasteiger partial charge in [-0.1, -0.05) is 35.9 Å². The molecule has 0 saturated heterocycles. The van der Waals surface area contributed by atoms with Crippen LogP contribution in [0.4, 0.5) is 5.69 Å². The lowest BCUT2D eigenvalue weighted by Gasteiger charge is -2.11. The Morgan fingerprint density at radius 1 is 0.875 bits per heavy atom. The summed E-state index contributed by atoms with van der Waals surface area (Å²) >= 11 is 5.78. The number of anilines is 1. The van der Waals surface area contributed by atoms with E-state index in [0.717, 1.165) is 11.1 Å². The molecule has 0 bridgehead atoms. The maximum absolute atomic E-state index is 10.1. The van der Waals surface area contributed by atoms with Crippen molar-refractivity contribution in [3.63, 3.8) is 0 Å². The Kier molecular flexibility index (Phi) is 3.13. The number of aliphatic hydroxyl groups excluding tert-OH is 1. The molecule has 16 heavy (non-hydrogen) atoms. The average Bonchev–Trinajstić information content (AvgIpc) is 2.30. The van der Waals surface area contributed by atoms with E-state index in [-0.39, 0.29) is 0 Å². The molecular formula is C13H12ClNO. The van der Waals surface area contributed by atoms with Crippen LogP contribution in [0.1, 0.15) is 17.2 Å². The van der Waals surface area contributed by atoms with Gasteiger partial charge in [0.2, 0.25) is 0 Å². The Hall–Kier alpha value is -1.51. The summed E-state index contributed by atoms with van der Waals surface area (Å²) in [6, 6.07) is 14.3. The fourth-order valence-electron chi connectivity index (χ4n) is 1.52. The van der Waals surface area contributed by atoms with Crippen molar-refractivity contribution in [1.82, 2.24) is 0 Å². The molecular weight excluding hydrogens is 222 g/mol. The number of halogens is 1. The SMILES string of the molecule is Nc1ccc([C@@H](O)c2ccc(Cl)cc2)cc1. The van der Waals surface area contributed by atoms with Crippen molar-refractivity contribution in [1.29, 1.82) is 0 Å². The fourth-order valence-corrected chi connectivity index (χ4v) is 1.64. The molecule has 0 spiro atoms. The summed E-state index contributed by atoms with van der Waals surface area (Å²) in [6.07, 6.45) is -0.641. The minimum Gasteiger partial charge on any atom is -0.399 e. The highest BCUT2D eigenvalue weighted by Crippen LogP contribution is 2.23. The van der Waals surface area contributed by atoms with E-state index in [2.05, 4.69) is 0 Å². The largest absolute Gasteiger partial charge is 0.399 e. The van der Waals surface area contributed by atoms with Gasteiger partial charge in [-0.15, -0.1) is 0 Å². The standard InChI is InChI=1S/C13H12ClNO/c14-11-5-1-9(2-6-11)13(16)10-3-7-12(15)8-4-10/h1-8,13,16H,15H2/t13-/m0/s1. The third-order valence-corrected chi connectivity index (χ3v) is 2.69. The Morgan fingerprint density at radius 2 is 1.31 bits per heavy atom. The third kappa shape index (κ3) is 2.35. The van der Waals surface area contributed by atoms with Gasteiger partial charge in [-0.3, -0.25) is 0 Å². The van der Waals surface area contributed by atoms with Crippen LogP contribution in [-0.4, -0.2) is 5.11 Å². The molecule has 0 aliphatic rings. The lowest BCUT2D eigenvalue weighted by molar-refractivity contribution is 0.220. The predicted molar refractivity (Wildman–Crippen MR) is 66.4 cm³/mol. The highest BCUT2D eigenvalue weighted by atomic mass is 35.5. The van der Waals surface area contributed by atoms with Crippen LogP contribution < -0.4 is 5.73 Å². The monoisotopic (exact) mass is 233 g/mol. The number of nitrogen functional groups attached to an aromatic ring is 1. The zero-order valence-electron chi connectivity index (χ0n) is 8.60. The Labute approximate surface area is 99.3 Å². The van der Waals surface area contributed by atoms with Crippen LogP contribution >= 0.6 is 11.6 Å². The van der Waals surface area contributed by atoms with Crippen LogP contribution in [0.5, 0.6) is 0 Å². The maximum Gasteiger partial charge on any atom is 0.104 e. The predicted octanol–water partition coefficient (Wildman–Crippen LogP) is 3.00. The number of aliphatic hydroxyl groups is 1. The molecule has 3 N–H and O–H groups in total. The van der Waals surface area contributed by atoms with Crippen molar-refractivity contribution >= 4 is 17.3 Å². The molecule has 2 aromatic rings. The number of nitrogens with two attached hydrogens (primary N) is 1. The molecule has 82 valence electrons. The molecule has 2 nitrogen and oxygen atoms in total. The first-order chi connectivity index (χ1) is 7.66. The minimum absolute atomic E-state index is 0.641. The lowest BCUT2D eigenvalue weighted by atomic mass is 10.0. The first-order valence-corrected chi connectivity index (χ1v) is 5.33. The van der Waals surface area contributed by atoms with Crippen LogP contribution in [0.2, 0.25) is 5.02 Å². The van der Waals surface area contributed by atoms with E-state index in [1.165, 1.54) is 0 Å². The van der Waals surface area contributed by atoms with E-state index in [1.807, 2.05) is 24.3 Å². The van der Waals surface area contributed by atoms with E-state index in [1.54, 1.807) is 24.3 Å². The summed E-state index contributed by atoms with van der Waals surface area (Å²) in [5.41, 5.74) is 7.90. The fraction of sp³-hybridized carbons (Fsp3) is 0.0769. The summed E-state index contributed by atoms with van der Waals surface area (Å²) in [4.78, 5) is 0. The second kappa shape index (κ2) is 4.56. The minimum atomic E-state index is -0.641. The first-order valence-electron chi connectivity index (χ1n) is 4.96. The number of benzene rings is 2. The summed E-state index contributed by atoms with van der Waals surface area (Å²) in [5.74, 6) is 0. The molecule has 1 atom stereocenters. The molecule has 2 rings (SSSR count). The topological polar surface area (TPSA) is 46.2 Å². The van der Waals surface area contributed by atoms with Gasteiger partial charge in [0.05, 0.1) is 0 Å². The van der Waals surface area contributed by atoms with Crippen LogP contribution in [0.3, 0.4) is 0 Å². The van der Waals surface area contributed by atoms with Gasteiger partial charge in [-0.25, -0.2) is 0 Å². The zero-order valence-corrected chi connectivity index (χ0v) is 9.35. The van der Waals surface area contributed by atoms with Crippen LogP contribution in [0, 0.1) is 0 Å². The summed E-state index contributed by atoms with van der Waals surface area (Å²) in [5, 5.41) is 10.8. The van der Waals surface area contributed by atoms with Gasteiger partial charge in [0.15, 0.2) is 0 Å². The molecule has 0 heterocycles. The molecule has 0 aliphatic heterocycles. The van der Waals surface area contributed by atoms with E-state index in [4.69, 9.17) is 17.3 Å². The van der Waals surface area contributed by atoms with Gasteiger partial charge >= 0.3 is 0 Å². The molecule has 0 fully saturated rings. The summed E-state index contributed by atoms with van der Waals surface area (Å²) in [6.45, 7) is 0. The van der Waals surface area contributed by atoms with Crippen LogP contribution in [0.15, 0.2) is 48.5 Å². The summed E-state index contributed by atoms with van der Waals surface area (Å²) < 4.78 is 0. The molecule has 0 amide bonds. The van der Waals surface area contributed by atoms with Crippen molar-refractivity contribution in [2.75, 3.05) is 5.73 Å². The van der Waals surface area contributed by atoms with E-state index in [0.29, 0.717) is 10.7 Å². The first kappa shape index (κ1) is 11.0. The van der Waals surface area contributed by atoms with E-state index in [9.17, 15) is 5.11 Å². The highest BCUT2D eigenvalue weighted by Gasteiger charge is 2.09. The van der Waals surface area contributed by atoms with Gasteiger partial charge < -0.3 is 10.8 Å². The Bertz CT molecular complexity index is 419. The van der Waals surface area contributed by atoms with Gasteiger partial charge in [-0.2, -0.15) is 0 Å². The van der Waals surface area contributed by atoms with Gasteiger partial charge in [0.25, 0.3) is 0 Å². The number of hydrogen-bond donors (Lipinski definition) is 2. The average molecular weight is 234 g/mol. The molecule has 0 aromatic heterocycles. The van der Waals surface area contributed by atoms with Crippen LogP contribution in [0.25, 0.3) is 0 Å². The molecule has 2 aromatic carbocycles. The highest BCUT2D eigenvalue weighted by molar-refractivity contribution is 6.30. The van der Waals surface area contributed by atoms with Gasteiger partial charge in [0, 0.05) is 10.7 Å². The van der Waals surface area contributed by atoms with Crippen molar-refractivity contribution < 1.29 is 5.11 Å². The molecule has 0 unspecified atom stereocenters. The Balaban J connectivity index is 2.28. The maximum atomic E-state index is 10.1. The lowest BCUT2D eigenvalue weighted by Crippen LogP contribution is -1.99. The zero-order chi connectivity index (χ0) is 11.5. The normalized spacial score (nSPS) is 12.4. The molecule has 3 heteroatoms. The molecule has 0 radical (unpaired) electrons.